The van der Waals surface area contributed by atoms with Gasteiger partial charge in [-0.05, 0) is 31.4 Å². The number of halogens is 1. The maximum Gasteiger partial charge on any atom is 0.309 e. The summed E-state index contributed by atoms with van der Waals surface area (Å²) < 4.78 is 4.97. The van der Waals surface area contributed by atoms with E-state index in [9.17, 15) is 9.90 Å². The Morgan fingerprint density at radius 2 is 2.41 bits per heavy atom. The lowest BCUT2D eigenvalue weighted by Gasteiger charge is -2.26. The summed E-state index contributed by atoms with van der Waals surface area (Å²) in [5.41, 5.74) is 1.45. The molecular weight excluding hydrogens is 242 g/mol. The van der Waals surface area contributed by atoms with Crippen molar-refractivity contribution in [3.05, 3.63) is 28.5 Å². The monoisotopic (exact) mass is 255 g/mol. The van der Waals surface area contributed by atoms with E-state index in [4.69, 9.17) is 16.3 Å². The number of rotatable bonds is 2. The van der Waals surface area contributed by atoms with Crippen molar-refractivity contribution in [1.82, 2.24) is 4.98 Å². The van der Waals surface area contributed by atoms with E-state index in [1.165, 1.54) is 0 Å². The van der Waals surface area contributed by atoms with E-state index in [-0.39, 0.29) is 11.9 Å². The van der Waals surface area contributed by atoms with Crippen LogP contribution in [0.25, 0.3) is 0 Å². The van der Waals surface area contributed by atoms with E-state index < -0.39 is 6.10 Å². The molecule has 2 rings (SSSR count). The second-order valence-electron chi connectivity index (χ2n) is 4.08. The van der Waals surface area contributed by atoms with Crippen LogP contribution in [0.15, 0.2) is 12.1 Å². The molecule has 5 heteroatoms. The van der Waals surface area contributed by atoms with Gasteiger partial charge < -0.3 is 9.84 Å². The number of aliphatic hydroxyl groups is 1. The van der Waals surface area contributed by atoms with Gasteiger partial charge in [0.05, 0.1) is 24.3 Å². The van der Waals surface area contributed by atoms with Gasteiger partial charge in [-0.15, -0.1) is 0 Å². The van der Waals surface area contributed by atoms with Gasteiger partial charge >= 0.3 is 5.97 Å². The van der Waals surface area contributed by atoms with Crippen LogP contribution in [0.4, 0.5) is 0 Å². The van der Waals surface area contributed by atoms with Crippen molar-refractivity contribution in [2.45, 2.75) is 25.9 Å². The van der Waals surface area contributed by atoms with Gasteiger partial charge in [0.15, 0.2) is 0 Å². The molecule has 1 aliphatic rings. The molecule has 1 heterocycles. The molecule has 0 aromatic carbocycles. The zero-order valence-corrected chi connectivity index (χ0v) is 10.3. The number of pyridine rings is 1. The van der Waals surface area contributed by atoms with Crippen molar-refractivity contribution in [1.29, 1.82) is 0 Å². The van der Waals surface area contributed by atoms with Crippen LogP contribution in [0, 0.1) is 5.92 Å². The van der Waals surface area contributed by atoms with E-state index in [1.54, 1.807) is 19.1 Å². The van der Waals surface area contributed by atoms with Gasteiger partial charge in [-0.25, -0.2) is 4.98 Å². The summed E-state index contributed by atoms with van der Waals surface area (Å²) in [5.74, 6) is -0.549. The average molecular weight is 256 g/mol. The maximum absolute atomic E-state index is 11.6. The van der Waals surface area contributed by atoms with Crippen molar-refractivity contribution in [2.75, 3.05) is 6.61 Å². The minimum atomic E-state index is -0.744. The molecule has 0 saturated carbocycles. The third kappa shape index (κ3) is 2.58. The average Bonchev–Trinajstić information content (AvgIpc) is 2.30. The Bertz CT molecular complexity index is 436. The van der Waals surface area contributed by atoms with Crippen LogP contribution in [-0.4, -0.2) is 22.7 Å². The molecule has 1 aliphatic carbocycles. The molecule has 4 nitrogen and oxygen atoms in total. The van der Waals surface area contributed by atoms with Crippen molar-refractivity contribution in [2.24, 2.45) is 5.92 Å². The molecule has 1 aromatic rings. The highest BCUT2D eigenvalue weighted by Crippen LogP contribution is 2.33. The van der Waals surface area contributed by atoms with Gasteiger partial charge in [0.1, 0.15) is 5.15 Å². The fourth-order valence-corrected chi connectivity index (χ4v) is 2.26. The number of hydrogen-bond donors (Lipinski definition) is 1. The zero-order chi connectivity index (χ0) is 12.4. The number of carbonyl (C=O) groups is 1. The molecular formula is C12H14ClNO3. The van der Waals surface area contributed by atoms with Crippen LogP contribution in [0.1, 0.15) is 30.7 Å². The second kappa shape index (κ2) is 5.02. The number of aromatic nitrogens is 1. The van der Waals surface area contributed by atoms with Gasteiger partial charge in [-0.3, -0.25) is 4.79 Å². The van der Waals surface area contributed by atoms with Crippen molar-refractivity contribution in [3.8, 4) is 0 Å². The molecule has 92 valence electrons. The van der Waals surface area contributed by atoms with Crippen LogP contribution >= 0.6 is 11.6 Å². The predicted molar refractivity (Wildman–Crippen MR) is 62.7 cm³/mol. The van der Waals surface area contributed by atoms with Gasteiger partial charge in [0.2, 0.25) is 0 Å². The van der Waals surface area contributed by atoms with Gasteiger partial charge in [-0.2, -0.15) is 0 Å². The third-order valence-electron chi connectivity index (χ3n) is 2.89. The Morgan fingerprint density at radius 1 is 1.65 bits per heavy atom. The Kier molecular flexibility index (Phi) is 3.64. The SMILES string of the molecule is CCOC(=O)C1Cc2ccc(Cl)nc2C(O)C1. The molecule has 1 aromatic heterocycles. The van der Waals surface area contributed by atoms with Crippen LogP contribution in [0.2, 0.25) is 5.15 Å². The van der Waals surface area contributed by atoms with Gasteiger partial charge in [0.25, 0.3) is 0 Å². The van der Waals surface area contributed by atoms with Crippen LogP contribution in [-0.2, 0) is 16.0 Å². The Morgan fingerprint density at radius 3 is 3.12 bits per heavy atom. The van der Waals surface area contributed by atoms with Crippen molar-refractivity contribution >= 4 is 17.6 Å². The summed E-state index contributed by atoms with van der Waals surface area (Å²) in [6.45, 7) is 2.13. The Labute approximate surface area is 105 Å². The fraction of sp³-hybridized carbons (Fsp3) is 0.500. The van der Waals surface area contributed by atoms with Gasteiger partial charge in [0, 0.05) is 0 Å². The summed E-state index contributed by atoms with van der Waals surface area (Å²) in [5, 5.41) is 10.3. The molecule has 17 heavy (non-hydrogen) atoms. The lowest BCUT2D eigenvalue weighted by molar-refractivity contribution is -0.149. The van der Waals surface area contributed by atoms with Crippen LogP contribution in [0.5, 0.6) is 0 Å². The number of aliphatic hydroxyl groups excluding tert-OH is 1. The second-order valence-corrected chi connectivity index (χ2v) is 4.47. The van der Waals surface area contributed by atoms with E-state index in [2.05, 4.69) is 4.98 Å². The lowest BCUT2D eigenvalue weighted by atomic mass is 9.85. The van der Waals surface area contributed by atoms with E-state index in [0.29, 0.717) is 30.3 Å². The summed E-state index contributed by atoms with van der Waals surface area (Å²) in [7, 11) is 0. The van der Waals surface area contributed by atoms with E-state index in [1.807, 2.05) is 0 Å². The highest BCUT2D eigenvalue weighted by molar-refractivity contribution is 6.29. The van der Waals surface area contributed by atoms with E-state index >= 15 is 0 Å². The number of esters is 1. The highest BCUT2D eigenvalue weighted by Gasteiger charge is 2.32. The quantitative estimate of drug-likeness (QED) is 0.648. The molecule has 1 N–H and O–H groups in total. The number of fused-ring (bicyclic) bond motifs is 1. The minimum absolute atomic E-state index is 0.257. The summed E-state index contributed by atoms with van der Waals surface area (Å²) in [6, 6.07) is 3.47. The van der Waals surface area contributed by atoms with Crippen LogP contribution < -0.4 is 0 Å². The molecule has 0 amide bonds. The normalized spacial score (nSPS) is 23.0. The Balaban J connectivity index is 2.21. The largest absolute Gasteiger partial charge is 0.466 e. The molecule has 0 radical (unpaired) electrons. The predicted octanol–water partition coefficient (Wildman–Crippen LogP) is 1.89. The number of ether oxygens (including phenoxy) is 1. The lowest BCUT2D eigenvalue weighted by Crippen LogP contribution is -2.27. The first-order valence-electron chi connectivity index (χ1n) is 5.61. The van der Waals surface area contributed by atoms with Crippen molar-refractivity contribution < 1.29 is 14.6 Å². The number of hydrogen-bond acceptors (Lipinski definition) is 4. The molecule has 0 bridgehead atoms. The fourth-order valence-electron chi connectivity index (χ4n) is 2.11. The standard InChI is InChI=1S/C12H14ClNO3/c1-2-17-12(16)8-5-7-3-4-10(13)14-11(7)9(15)6-8/h3-4,8-9,15H,2,5-6H2,1H3. The van der Waals surface area contributed by atoms with Crippen molar-refractivity contribution in [3.63, 3.8) is 0 Å². The molecule has 0 fully saturated rings. The maximum atomic E-state index is 11.6. The summed E-state index contributed by atoms with van der Waals surface area (Å²) >= 11 is 5.78. The zero-order valence-electron chi connectivity index (χ0n) is 9.52. The molecule has 2 unspecified atom stereocenters. The topological polar surface area (TPSA) is 59.4 Å². The minimum Gasteiger partial charge on any atom is -0.466 e. The first-order chi connectivity index (χ1) is 8.11. The summed E-state index contributed by atoms with van der Waals surface area (Å²) in [4.78, 5) is 15.7. The Hall–Kier alpha value is -1.13. The molecule has 2 atom stereocenters. The van der Waals surface area contributed by atoms with Crippen LogP contribution in [0.3, 0.4) is 0 Å². The number of carbonyl (C=O) groups excluding carboxylic acids is 1. The summed E-state index contributed by atoms with van der Waals surface area (Å²) in [6.07, 6.45) is 0.154. The van der Waals surface area contributed by atoms with E-state index in [0.717, 1.165) is 5.56 Å². The molecule has 0 aliphatic heterocycles. The first-order valence-corrected chi connectivity index (χ1v) is 5.99. The number of nitrogens with zero attached hydrogens (tertiary/aromatic N) is 1. The first kappa shape index (κ1) is 12.3. The van der Waals surface area contributed by atoms with Gasteiger partial charge in [-0.1, -0.05) is 17.7 Å². The third-order valence-corrected chi connectivity index (χ3v) is 3.10. The smallest absolute Gasteiger partial charge is 0.309 e. The molecule has 0 saturated heterocycles. The highest BCUT2D eigenvalue weighted by atomic mass is 35.5. The molecule has 0 spiro atoms.